The van der Waals surface area contributed by atoms with E-state index in [1.54, 1.807) is 6.07 Å². The molecule has 1 aliphatic carbocycles. The SMILES string of the molecule is NC(=O)C1(CCCC(=O)NC(COCc2ccccc2)CN2CCc3cc(F)ccc32)CCCCC1. The molecule has 6 nitrogen and oxygen atoms in total. The number of halogens is 1. The Hall–Kier alpha value is -2.93. The first-order valence-electron chi connectivity index (χ1n) is 13.2. The molecule has 0 spiro atoms. The molecule has 2 aromatic rings. The van der Waals surface area contributed by atoms with Gasteiger partial charge in [-0.3, -0.25) is 9.59 Å². The Morgan fingerprint density at radius 3 is 2.64 bits per heavy atom. The monoisotopic (exact) mass is 495 g/mol. The molecule has 1 heterocycles. The number of primary amides is 1. The fourth-order valence-corrected chi connectivity index (χ4v) is 5.66. The molecule has 0 aromatic heterocycles. The molecular formula is C29H38FN3O3. The van der Waals surface area contributed by atoms with Crippen molar-refractivity contribution in [1.29, 1.82) is 0 Å². The predicted molar refractivity (Wildman–Crippen MR) is 139 cm³/mol. The molecule has 36 heavy (non-hydrogen) atoms. The van der Waals surface area contributed by atoms with E-state index >= 15 is 0 Å². The lowest BCUT2D eigenvalue weighted by molar-refractivity contribution is -0.130. The van der Waals surface area contributed by atoms with Crippen molar-refractivity contribution in [2.75, 3.05) is 24.6 Å². The number of benzene rings is 2. The first-order chi connectivity index (χ1) is 17.4. The van der Waals surface area contributed by atoms with Gasteiger partial charge in [-0.15, -0.1) is 0 Å². The Morgan fingerprint density at radius 1 is 1.11 bits per heavy atom. The summed E-state index contributed by atoms with van der Waals surface area (Å²) in [5.41, 5.74) is 8.39. The van der Waals surface area contributed by atoms with Gasteiger partial charge in [0.1, 0.15) is 5.82 Å². The summed E-state index contributed by atoms with van der Waals surface area (Å²) in [5, 5.41) is 3.16. The van der Waals surface area contributed by atoms with Crippen molar-refractivity contribution >= 4 is 17.5 Å². The molecule has 1 atom stereocenters. The zero-order valence-electron chi connectivity index (χ0n) is 21.0. The maximum absolute atomic E-state index is 13.7. The van der Waals surface area contributed by atoms with Gasteiger partial charge in [-0.1, -0.05) is 49.6 Å². The average Bonchev–Trinajstić information content (AvgIpc) is 3.26. The number of nitrogens with one attached hydrogen (secondary N) is 1. The van der Waals surface area contributed by atoms with E-state index in [0.717, 1.165) is 61.9 Å². The first-order valence-corrected chi connectivity index (χ1v) is 13.2. The van der Waals surface area contributed by atoms with Crippen molar-refractivity contribution in [3.63, 3.8) is 0 Å². The van der Waals surface area contributed by atoms with Gasteiger partial charge in [0.15, 0.2) is 0 Å². The summed E-state index contributed by atoms with van der Waals surface area (Å²) in [7, 11) is 0. The Kier molecular flexibility index (Phi) is 8.97. The molecule has 0 bridgehead atoms. The number of anilines is 1. The van der Waals surface area contributed by atoms with Crippen molar-refractivity contribution in [1.82, 2.24) is 5.32 Å². The lowest BCUT2D eigenvalue weighted by Crippen LogP contribution is -2.46. The molecule has 1 saturated carbocycles. The molecule has 1 unspecified atom stereocenters. The first kappa shape index (κ1) is 26.1. The quantitative estimate of drug-likeness (QED) is 0.454. The maximum atomic E-state index is 13.7. The molecule has 7 heteroatoms. The van der Waals surface area contributed by atoms with Gasteiger partial charge in [-0.25, -0.2) is 4.39 Å². The highest BCUT2D eigenvalue weighted by molar-refractivity contribution is 5.81. The van der Waals surface area contributed by atoms with E-state index in [2.05, 4.69) is 10.2 Å². The summed E-state index contributed by atoms with van der Waals surface area (Å²) >= 11 is 0. The van der Waals surface area contributed by atoms with E-state index in [9.17, 15) is 14.0 Å². The topological polar surface area (TPSA) is 84.7 Å². The van der Waals surface area contributed by atoms with Gasteiger partial charge in [-0.2, -0.15) is 0 Å². The fourth-order valence-electron chi connectivity index (χ4n) is 5.66. The van der Waals surface area contributed by atoms with Crippen LogP contribution in [0.4, 0.5) is 10.1 Å². The Morgan fingerprint density at radius 2 is 1.89 bits per heavy atom. The number of amides is 2. The Labute approximate surface area is 213 Å². The van der Waals surface area contributed by atoms with Crippen molar-refractivity contribution < 1.29 is 18.7 Å². The number of carbonyl (C=O) groups is 2. The van der Waals surface area contributed by atoms with Gasteiger partial charge < -0.3 is 20.7 Å². The zero-order chi connectivity index (χ0) is 25.4. The van der Waals surface area contributed by atoms with Crippen LogP contribution in [0, 0.1) is 11.2 Å². The van der Waals surface area contributed by atoms with Crippen molar-refractivity contribution in [3.8, 4) is 0 Å². The molecule has 2 aromatic carbocycles. The molecule has 2 aliphatic rings. The van der Waals surface area contributed by atoms with Crippen LogP contribution in [0.1, 0.15) is 62.5 Å². The van der Waals surface area contributed by atoms with Crippen molar-refractivity contribution in [3.05, 3.63) is 65.5 Å². The third-order valence-electron chi connectivity index (χ3n) is 7.66. The minimum absolute atomic E-state index is 0.0442. The van der Waals surface area contributed by atoms with Gasteiger partial charge in [0.05, 0.1) is 19.3 Å². The van der Waals surface area contributed by atoms with Crippen LogP contribution in [0.25, 0.3) is 0 Å². The van der Waals surface area contributed by atoms with Crippen LogP contribution >= 0.6 is 0 Å². The van der Waals surface area contributed by atoms with Gasteiger partial charge in [0.25, 0.3) is 0 Å². The minimum Gasteiger partial charge on any atom is -0.375 e. The third-order valence-corrected chi connectivity index (χ3v) is 7.66. The zero-order valence-corrected chi connectivity index (χ0v) is 21.0. The number of fused-ring (bicyclic) bond motifs is 1. The maximum Gasteiger partial charge on any atom is 0.223 e. The van der Waals surface area contributed by atoms with Crippen molar-refractivity contribution in [2.24, 2.45) is 11.1 Å². The fraction of sp³-hybridized carbons (Fsp3) is 0.517. The molecular weight excluding hydrogens is 457 g/mol. The third kappa shape index (κ3) is 6.84. The Bertz CT molecular complexity index is 1020. The molecule has 3 N–H and O–H groups in total. The molecule has 2 amide bonds. The van der Waals surface area contributed by atoms with Crippen LogP contribution < -0.4 is 16.0 Å². The van der Waals surface area contributed by atoms with Crippen LogP contribution in [-0.4, -0.2) is 37.6 Å². The van der Waals surface area contributed by atoms with Crippen LogP contribution in [0.5, 0.6) is 0 Å². The summed E-state index contributed by atoms with van der Waals surface area (Å²) in [4.78, 5) is 27.3. The highest BCUT2D eigenvalue weighted by atomic mass is 19.1. The normalized spacial score (nSPS) is 17.4. The summed E-state index contributed by atoms with van der Waals surface area (Å²) in [6, 6.07) is 14.6. The standard InChI is InChI=1S/C29H38FN3O3/c30-24-11-12-26-23(18-24)13-17-33(26)19-25(21-36-20-22-8-3-1-4-9-22)32-27(34)10-7-16-29(28(31)35)14-5-2-6-15-29/h1,3-4,8-9,11-12,18,25H,2,5-7,10,13-17,19-21H2,(H2,31,35)(H,32,34). The smallest absolute Gasteiger partial charge is 0.223 e. The van der Waals surface area contributed by atoms with Crippen LogP contribution in [0.3, 0.4) is 0 Å². The number of hydrogen-bond acceptors (Lipinski definition) is 4. The average molecular weight is 496 g/mol. The summed E-state index contributed by atoms with van der Waals surface area (Å²) < 4.78 is 19.6. The number of rotatable bonds is 12. The van der Waals surface area contributed by atoms with E-state index in [-0.39, 0.29) is 23.7 Å². The van der Waals surface area contributed by atoms with Crippen LogP contribution in [0.15, 0.2) is 48.5 Å². The lowest BCUT2D eigenvalue weighted by atomic mass is 9.70. The minimum atomic E-state index is -0.453. The van der Waals surface area contributed by atoms with Gasteiger partial charge >= 0.3 is 0 Å². The second-order valence-electron chi connectivity index (χ2n) is 10.3. The van der Waals surface area contributed by atoms with Crippen molar-refractivity contribution in [2.45, 2.75) is 70.4 Å². The summed E-state index contributed by atoms with van der Waals surface area (Å²) in [6.45, 7) is 2.21. The van der Waals surface area contributed by atoms with Crippen LogP contribution in [-0.2, 0) is 27.4 Å². The molecule has 0 radical (unpaired) electrons. The molecule has 1 fully saturated rings. The van der Waals surface area contributed by atoms with E-state index in [1.165, 1.54) is 6.07 Å². The Balaban J connectivity index is 1.33. The highest BCUT2D eigenvalue weighted by Gasteiger charge is 2.37. The molecule has 1 aliphatic heterocycles. The molecule has 4 rings (SSSR count). The van der Waals surface area contributed by atoms with E-state index in [0.29, 0.717) is 39.0 Å². The largest absolute Gasteiger partial charge is 0.375 e. The molecule has 0 saturated heterocycles. The molecule has 194 valence electrons. The van der Waals surface area contributed by atoms with Crippen LogP contribution in [0.2, 0.25) is 0 Å². The number of nitrogens with zero attached hydrogens (tertiary/aromatic N) is 1. The number of nitrogens with two attached hydrogens (primary N) is 1. The van der Waals surface area contributed by atoms with Gasteiger partial charge in [-0.05, 0) is 61.4 Å². The highest BCUT2D eigenvalue weighted by Crippen LogP contribution is 2.40. The summed E-state index contributed by atoms with van der Waals surface area (Å²) in [5.74, 6) is -0.491. The summed E-state index contributed by atoms with van der Waals surface area (Å²) in [6.07, 6.45) is 7.29. The number of carbonyl (C=O) groups excluding carboxylic acids is 2. The van der Waals surface area contributed by atoms with Gasteiger partial charge in [0.2, 0.25) is 11.8 Å². The van der Waals surface area contributed by atoms with Gasteiger partial charge in [0, 0.05) is 30.6 Å². The number of hydrogen-bond donors (Lipinski definition) is 2. The van der Waals surface area contributed by atoms with E-state index in [4.69, 9.17) is 10.5 Å². The lowest BCUT2D eigenvalue weighted by Gasteiger charge is -2.34. The second-order valence-corrected chi connectivity index (χ2v) is 10.3. The number of ether oxygens (including phenoxy) is 1. The second kappa shape index (κ2) is 12.3. The van der Waals surface area contributed by atoms with E-state index < -0.39 is 5.41 Å². The van der Waals surface area contributed by atoms with E-state index in [1.807, 2.05) is 36.4 Å². The predicted octanol–water partition coefficient (Wildman–Crippen LogP) is 4.50.